The van der Waals surface area contributed by atoms with Gasteiger partial charge in [-0.15, -0.1) is 24.8 Å². The summed E-state index contributed by atoms with van der Waals surface area (Å²) in [6, 6.07) is 0.928. The Morgan fingerprint density at radius 3 is 2.13 bits per heavy atom. The van der Waals surface area contributed by atoms with Gasteiger partial charge in [0.2, 0.25) is 10.0 Å². The van der Waals surface area contributed by atoms with Crippen LogP contribution in [-0.2, 0) is 10.0 Å². The highest BCUT2D eigenvalue weighted by atomic mass is 35.5. The number of benzene rings is 1. The minimum absolute atomic E-state index is 0. The zero-order valence-electron chi connectivity index (χ0n) is 12.0. The summed E-state index contributed by atoms with van der Waals surface area (Å²) in [5.41, 5.74) is 0. The number of piperazine rings is 1. The molecule has 1 saturated heterocycles. The molecule has 134 valence electrons. The molecule has 23 heavy (non-hydrogen) atoms. The lowest BCUT2D eigenvalue weighted by atomic mass is 10.3. The molecule has 2 rings (SSSR count). The van der Waals surface area contributed by atoms with Crippen LogP contribution in [0, 0.1) is 17.5 Å². The van der Waals surface area contributed by atoms with Crippen molar-refractivity contribution < 1.29 is 21.6 Å². The lowest BCUT2D eigenvalue weighted by Gasteiger charge is -2.27. The van der Waals surface area contributed by atoms with Gasteiger partial charge in [-0.05, 0) is 12.1 Å². The van der Waals surface area contributed by atoms with Crippen molar-refractivity contribution in [1.82, 2.24) is 14.9 Å². The topological polar surface area (TPSA) is 61.4 Å². The molecule has 0 unspecified atom stereocenters. The molecule has 1 heterocycles. The van der Waals surface area contributed by atoms with E-state index < -0.39 is 32.4 Å². The van der Waals surface area contributed by atoms with Crippen LogP contribution in [0.25, 0.3) is 0 Å². The predicted octanol–water partition coefficient (Wildman–Crippen LogP) is 1.13. The summed E-state index contributed by atoms with van der Waals surface area (Å²) in [6.45, 7) is 3.89. The molecule has 0 saturated carbocycles. The SMILES string of the molecule is Cl.Cl.O=S(=O)(NCCN1CCNCC1)c1cc(F)c(F)c(F)c1. The van der Waals surface area contributed by atoms with Gasteiger partial charge in [-0.3, -0.25) is 4.90 Å². The standard InChI is InChI=1S/C12H16F3N3O2S.2ClH/c13-10-7-9(8-11(14)12(10)15)21(19,20)17-3-6-18-4-1-16-2-5-18;;/h7-8,16-17H,1-6H2;2*1H. The van der Waals surface area contributed by atoms with Crippen LogP contribution >= 0.6 is 24.8 Å². The van der Waals surface area contributed by atoms with Gasteiger partial charge in [0.05, 0.1) is 4.90 Å². The van der Waals surface area contributed by atoms with E-state index in [2.05, 4.69) is 14.9 Å². The molecule has 0 aliphatic carbocycles. The van der Waals surface area contributed by atoms with Crippen LogP contribution in [0.2, 0.25) is 0 Å². The Morgan fingerprint density at radius 1 is 1.09 bits per heavy atom. The fourth-order valence-electron chi connectivity index (χ4n) is 2.04. The highest BCUT2D eigenvalue weighted by molar-refractivity contribution is 7.89. The van der Waals surface area contributed by atoms with Crippen LogP contribution in [-0.4, -0.2) is 52.6 Å². The number of hydrogen-bond acceptors (Lipinski definition) is 4. The normalized spacial score (nSPS) is 15.6. The molecule has 0 atom stereocenters. The first-order chi connectivity index (χ1) is 9.90. The monoisotopic (exact) mass is 395 g/mol. The van der Waals surface area contributed by atoms with Crippen molar-refractivity contribution in [1.29, 1.82) is 0 Å². The molecule has 1 aromatic carbocycles. The van der Waals surface area contributed by atoms with Crippen LogP contribution in [0.5, 0.6) is 0 Å². The van der Waals surface area contributed by atoms with Gasteiger partial charge >= 0.3 is 0 Å². The Balaban J connectivity index is 0.00000242. The van der Waals surface area contributed by atoms with E-state index in [4.69, 9.17) is 0 Å². The number of nitrogens with zero attached hydrogens (tertiary/aromatic N) is 1. The number of nitrogens with one attached hydrogen (secondary N) is 2. The van der Waals surface area contributed by atoms with Crippen molar-refractivity contribution in [3.8, 4) is 0 Å². The highest BCUT2D eigenvalue weighted by Crippen LogP contribution is 2.17. The van der Waals surface area contributed by atoms with Crippen molar-refractivity contribution in [2.24, 2.45) is 0 Å². The first kappa shape index (κ1) is 22.4. The summed E-state index contributed by atoms with van der Waals surface area (Å²) in [6.07, 6.45) is 0. The first-order valence-electron chi connectivity index (χ1n) is 6.47. The van der Waals surface area contributed by atoms with E-state index in [9.17, 15) is 21.6 Å². The molecule has 0 radical (unpaired) electrons. The fourth-order valence-corrected chi connectivity index (χ4v) is 3.09. The van der Waals surface area contributed by atoms with Crippen LogP contribution < -0.4 is 10.0 Å². The molecular weight excluding hydrogens is 378 g/mol. The summed E-state index contributed by atoms with van der Waals surface area (Å²) >= 11 is 0. The third-order valence-corrected chi connectivity index (χ3v) is 4.64. The molecule has 0 bridgehead atoms. The zero-order chi connectivity index (χ0) is 15.5. The lowest BCUT2D eigenvalue weighted by Crippen LogP contribution is -2.46. The van der Waals surface area contributed by atoms with E-state index in [1.807, 2.05) is 0 Å². The fraction of sp³-hybridized carbons (Fsp3) is 0.500. The molecule has 1 aromatic rings. The molecule has 0 aromatic heterocycles. The Kier molecular flexibility index (Phi) is 9.41. The van der Waals surface area contributed by atoms with Gasteiger partial charge < -0.3 is 5.32 Å². The largest absolute Gasteiger partial charge is 0.314 e. The van der Waals surface area contributed by atoms with Crippen LogP contribution in [0.15, 0.2) is 17.0 Å². The second kappa shape index (κ2) is 9.65. The second-order valence-corrected chi connectivity index (χ2v) is 6.46. The van der Waals surface area contributed by atoms with Crippen LogP contribution in [0.1, 0.15) is 0 Å². The summed E-state index contributed by atoms with van der Waals surface area (Å²) in [4.78, 5) is 1.43. The van der Waals surface area contributed by atoms with Crippen molar-refractivity contribution in [2.75, 3.05) is 39.3 Å². The van der Waals surface area contributed by atoms with Gasteiger partial charge in [0.15, 0.2) is 17.5 Å². The second-order valence-electron chi connectivity index (χ2n) is 4.69. The molecule has 1 aliphatic heterocycles. The summed E-state index contributed by atoms with van der Waals surface area (Å²) < 4.78 is 65.0. The Bertz CT molecular complexity index is 591. The van der Waals surface area contributed by atoms with E-state index in [1.165, 1.54) is 0 Å². The third-order valence-electron chi connectivity index (χ3n) is 3.20. The van der Waals surface area contributed by atoms with Gasteiger partial charge in [0, 0.05) is 39.3 Å². The maximum Gasteiger partial charge on any atom is 0.240 e. The van der Waals surface area contributed by atoms with Gasteiger partial charge in [-0.25, -0.2) is 26.3 Å². The number of hydrogen-bond donors (Lipinski definition) is 2. The van der Waals surface area contributed by atoms with E-state index in [0.29, 0.717) is 18.7 Å². The van der Waals surface area contributed by atoms with Crippen molar-refractivity contribution in [3.05, 3.63) is 29.6 Å². The lowest BCUT2D eigenvalue weighted by molar-refractivity contribution is 0.245. The Morgan fingerprint density at radius 2 is 1.61 bits per heavy atom. The summed E-state index contributed by atoms with van der Waals surface area (Å²) in [7, 11) is -4.06. The van der Waals surface area contributed by atoms with Crippen LogP contribution in [0.4, 0.5) is 13.2 Å². The Labute approximate surface area is 145 Å². The van der Waals surface area contributed by atoms with Crippen molar-refractivity contribution in [2.45, 2.75) is 4.90 Å². The third kappa shape index (κ3) is 6.09. The first-order valence-corrected chi connectivity index (χ1v) is 7.96. The molecule has 2 N–H and O–H groups in total. The van der Waals surface area contributed by atoms with Crippen molar-refractivity contribution in [3.63, 3.8) is 0 Å². The Hall–Kier alpha value is -0.580. The molecule has 11 heteroatoms. The van der Waals surface area contributed by atoms with E-state index >= 15 is 0 Å². The van der Waals surface area contributed by atoms with Gasteiger partial charge in [0.25, 0.3) is 0 Å². The summed E-state index contributed by atoms with van der Waals surface area (Å²) in [5, 5.41) is 3.17. The van der Waals surface area contributed by atoms with E-state index in [1.54, 1.807) is 0 Å². The van der Waals surface area contributed by atoms with Gasteiger partial charge in [-0.1, -0.05) is 0 Å². The molecule has 0 amide bonds. The quantitative estimate of drug-likeness (QED) is 0.733. The molecule has 5 nitrogen and oxygen atoms in total. The van der Waals surface area contributed by atoms with Gasteiger partial charge in [-0.2, -0.15) is 0 Å². The molecule has 1 fully saturated rings. The maximum absolute atomic E-state index is 13.1. The van der Waals surface area contributed by atoms with Crippen LogP contribution in [0.3, 0.4) is 0 Å². The maximum atomic E-state index is 13.1. The minimum Gasteiger partial charge on any atom is -0.314 e. The van der Waals surface area contributed by atoms with E-state index in [-0.39, 0.29) is 31.4 Å². The number of sulfonamides is 1. The average molecular weight is 396 g/mol. The molecular formula is C12H18Cl2F3N3O2S. The van der Waals surface area contributed by atoms with Gasteiger partial charge in [0.1, 0.15) is 0 Å². The summed E-state index contributed by atoms with van der Waals surface area (Å²) in [5.74, 6) is -4.75. The minimum atomic E-state index is -4.06. The predicted molar refractivity (Wildman–Crippen MR) is 85.3 cm³/mol. The highest BCUT2D eigenvalue weighted by Gasteiger charge is 2.20. The molecule has 1 aliphatic rings. The van der Waals surface area contributed by atoms with E-state index in [0.717, 1.165) is 26.2 Å². The number of halogens is 5. The number of rotatable bonds is 5. The molecule has 0 spiro atoms. The average Bonchev–Trinajstić information content (AvgIpc) is 2.45. The smallest absolute Gasteiger partial charge is 0.240 e. The zero-order valence-corrected chi connectivity index (χ0v) is 14.5. The van der Waals surface area contributed by atoms with Crippen molar-refractivity contribution >= 4 is 34.8 Å².